The molecule has 5 heteroatoms. The molecule has 3 rings (SSSR count). The van der Waals surface area contributed by atoms with Crippen LogP contribution >= 0.6 is 11.3 Å². The summed E-state index contributed by atoms with van der Waals surface area (Å²) in [7, 11) is 0. The van der Waals surface area contributed by atoms with Crippen molar-refractivity contribution in [3.63, 3.8) is 0 Å². The van der Waals surface area contributed by atoms with E-state index in [9.17, 15) is 0 Å². The molecule has 2 atom stereocenters. The predicted molar refractivity (Wildman–Crippen MR) is 80.7 cm³/mol. The fraction of sp³-hybridized carbons (Fsp3) is 0.571. The van der Waals surface area contributed by atoms with Crippen molar-refractivity contribution in [2.45, 2.75) is 32.7 Å². The Morgan fingerprint density at radius 1 is 1.47 bits per heavy atom. The van der Waals surface area contributed by atoms with Crippen LogP contribution in [0, 0.1) is 12.8 Å². The Bertz CT molecular complexity index is 580. The molecule has 3 heterocycles. The van der Waals surface area contributed by atoms with E-state index in [2.05, 4.69) is 34.1 Å². The number of nitrogens with zero attached hydrogens (tertiary/aromatic N) is 3. The predicted octanol–water partition coefficient (Wildman–Crippen LogP) is 2.56. The summed E-state index contributed by atoms with van der Waals surface area (Å²) in [5, 5.41) is 2.16. The first-order chi connectivity index (χ1) is 9.20. The van der Waals surface area contributed by atoms with E-state index in [-0.39, 0.29) is 0 Å². The van der Waals surface area contributed by atoms with Crippen LogP contribution in [0.5, 0.6) is 0 Å². The third-order valence-corrected chi connectivity index (χ3v) is 5.12. The van der Waals surface area contributed by atoms with E-state index < -0.39 is 0 Å². The Hall–Kier alpha value is -1.20. The molecule has 0 aliphatic carbocycles. The van der Waals surface area contributed by atoms with E-state index in [1.165, 1.54) is 16.7 Å². The van der Waals surface area contributed by atoms with Crippen LogP contribution in [0.3, 0.4) is 0 Å². The van der Waals surface area contributed by atoms with Gasteiger partial charge in [0.25, 0.3) is 0 Å². The molecule has 1 fully saturated rings. The van der Waals surface area contributed by atoms with Crippen molar-refractivity contribution in [3.8, 4) is 0 Å². The van der Waals surface area contributed by atoms with Crippen LogP contribution in [0.2, 0.25) is 0 Å². The van der Waals surface area contributed by atoms with Gasteiger partial charge in [-0.25, -0.2) is 9.97 Å². The minimum atomic E-state index is 0.407. The monoisotopic (exact) mass is 276 g/mol. The molecule has 0 spiro atoms. The van der Waals surface area contributed by atoms with Crippen LogP contribution in [-0.2, 0) is 0 Å². The molecule has 0 amide bonds. The zero-order chi connectivity index (χ0) is 13.4. The normalized spacial score (nSPS) is 24.1. The lowest BCUT2D eigenvalue weighted by Crippen LogP contribution is -2.46. The SMILES string of the molecule is Cc1csc2c(N3CCC(C)CC3CN)ncnc12. The molecule has 0 aromatic carbocycles. The Labute approximate surface area is 117 Å². The van der Waals surface area contributed by atoms with E-state index >= 15 is 0 Å². The van der Waals surface area contributed by atoms with Gasteiger partial charge in [0.1, 0.15) is 12.1 Å². The smallest absolute Gasteiger partial charge is 0.150 e. The van der Waals surface area contributed by atoms with Gasteiger partial charge in [0, 0.05) is 19.1 Å². The van der Waals surface area contributed by atoms with Crippen molar-refractivity contribution in [1.82, 2.24) is 9.97 Å². The minimum Gasteiger partial charge on any atom is -0.351 e. The maximum atomic E-state index is 5.96. The van der Waals surface area contributed by atoms with Gasteiger partial charge in [0.05, 0.1) is 10.2 Å². The van der Waals surface area contributed by atoms with Gasteiger partial charge in [0.15, 0.2) is 0 Å². The lowest BCUT2D eigenvalue weighted by molar-refractivity contribution is 0.365. The van der Waals surface area contributed by atoms with E-state index in [0.717, 1.165) is 30.2 Å². The summed E-state index contributed by atoms with van der Waals surface area (Å²) in [4.78, 5) is 11.3. The summed E-state index contributed by atoms with van der Waals surface area (Å²) in [6.07, 6.45) is 4.06. The molecule has 0 bridgehead atoms. The Balaban J connectivity index is 2.03. The molecule has 0 saturated carbocycles. The molecule has 1 saturated heterocycles. The molecular weight excluding hydrogens is 256 g/mol. The molecule has 2 N–H and O–H groups in total. The van der Waals surface area contributed by atoms with Crippen LogP contribution in [0.1, 0.15) is 25.3 Å². The fourth-order valence-corrected chi connectivity index (χ4v) is 3.92. The highest BCUT2D eigenvalue weighted by molar-refractivity contribution is 7.18. The summed E-state index contributed by atoms with van der Waals surface area (Å²) >= 11 is 1.74. The molecular formula is C14H20N4S. The van der Waals surface area contributed by atoms with Gasteiger partial charge >= 0.3 is 0 Å². The number of hydrogen-bond donors (Lipinski definition) is 1. The lowest BCUT2D eigenvalue weighted by atomic mass is 9.92. The number of fused-ring (bicyclic) bond motifs is 1. The first kappa shape index (κ1) is 12.8. The van der Waals surface area contributed by atoms with Gasteiger partial charge < -0.3 is 10.6 Å². The third-order valence-electron chi connectivity index (χ3n) is 4.03. The standard InChI is InChI=1S/C14H20N4S/c1-9-3-4-18(11(5-9)6-15)14-13-12(16-8-17-14)10(2)7-19-13/h7-9,11H,3-6,15H2,1-2H3. The molecule has 0 radical (unpaired) electrons. The summed E-state index contributed by atoms with van der Waals surface area (Å²) < 4.78 is 1.20. The van der Waals surface area contributed by atoms with Gasteiger partial charge in [0.2, 0.25) is 0 Å². The molecule has 1 aliphatic heterocycles. The maximum absolute atomic E-state index is 5.96. The highest BCUT2D eigenvalue weighted by Gasteiger charge is 2.28. The molecule has 4 nitrogen and oxygen atoms in total. The van der Waals surface area contributed by atoms with E-state index in [0.29, 0.717) is 12.6 Å². The molecule has 2 unspecified atom stereocenters. The van der Waals surface area contributed by atoms with Crippen molar-refractivity contribution in [2.24, 2.45) is 11.7 Å². The van der Waals surface area contributed by atoms with Crippen molar-refractivity contribution in [1.29, 1.82) is 0 Å². The second-order valence-corrected chi connectivity index (χ2v) is 6.39. The molecule has 19 heavy (non-hydrogen) atoms. The Morgan fingerprint density at radius 2 is 2.32 bits per heavy atom. The summed E-state index contributed by atoms with van der Waals surface area (Å²) in [5.41, 5.74) is 8.28. The average Bonchev–Trinajstić information content (AvgIpc) is 2.81. The van der Waals surface area contributed by atoms with Crippen molar-refractivity contribution < 1.29 is 0 Å². The largest absolute Gasteiger partial charge is 0.351 e. The maximum Gasteiger partial charge on any atom is 0.150 e. The third kappa shape index (κ3) is 2.21. The first-order valence-corrected chi connectivity index (χ1v) is 7.74. The number of hydrogen-bond acceptors (Lipinski definition) is 5. The summed E-state index contributed by atoms with van der Waals surface area (Å²) in [5.74, 6) is 1.83. The lowest BCUT2D eigenvalue weighted by Gasteiger charge is -2.38. The zero-order valence-corrected chi connectivity index (χ0v) is 12.3. The first-order valence-electron chi connectivity index (χ1n) is 6.86. The number of aryl methyl sites for hydroxylation is 1. The molecule has 102 valence electrons. The highest BCUT2D eigenvalue weighted by Crippen LogP contribution is 2.34. The number of rotatable bonds is 2. The van der Waals surface area contributed by atoms with Crippen LogP contribution < -0.4 is 10.6 Å². The second-order valence-electron chi connectivity index (χ2n) is 5.51. The Morgan fingerprint density at radius 3 is 3.11 bits per heavy atom. The number of piperidine rings is 1. The zero-order valence-electron chi connectivity index (χ0n) is 11.5. The van der Waals surface area contributed by atoms with E-state index in [1.807, 2.05) is 0 Å². The number of aromatic nitrogens is 2. The summed E-state index contributed by atoms with van der Waals surface area (Å²) in [6.45, 7) is 6.16. The quantitative estimate of drug-likeness (QED) is 0.916. The van der Waals surface area contributed by atoms with Gasteiger partial charge in [-0.15, -0.1) is 11.3 Å². The average molecular weight is 276 g/mol. The number of nitrogens with two attached hydrogens (primary N) is 1. The number of anilines is 1. The highest BCUT2D eigenvalue weighted by atomic mass is 32.1. The van der Waals surface area contributed by atoms with Gasteiger partial charge in [-0.3, -0.25) is 0 Å². The Kier molecular flexibility index (Phi) is 3.41. The van der Waals surface area contributed by atoms with Crippen molar-refractivity contribution in [2.75, 3.05) is 18.0 Å². The van der Waals surface area contributed by atoms with Crippen molar-refractivity contribution >= 4 is 27.4 Å². The van der Waals surface area contributed by atoms with E-state index in [1.54, 1.807) is 17.7 Å². The number of thiophene rings is 1. The fourth-order valence-electron chi connectivity index (χ4n) is 2.92. The van der Waals surface area contributed by atoms with Crippen LogP contribution in [0.4, 0.5) is 5.82 Å². The van der Waals surface area contributed by atoms with Crippen LogP contribution in [-0.4, -0.2) is 29.1 Å². The molecule has 2 aromatic heterocycles. The van der Waals surface area contributed by atoms with Crippen LogP contribution in [0.25, 0.3) is 10.2 Å². The van der Waals surface area contributed by atoms with Crippen molar-refractivity contribution in [3.05, 3.63) is 17.3 Å². The van der Waals surface area contributed by atoms with Gasteiger partial charge in [-0.05, 0) is 36.6 Å². The van der Waals surface area contributed by atoms with Gasteiger partial charge in [-0.1, -0.05) is 6.92 Å². The topological polar surface area (TPSA) is 55.0 Å². The minimum absolute atomic E-state index is 0.407. The molecule has 1 aliphatic rings. The molecule has 2 aromatic rings. The van der Waals surface area contributed by atoms with Gasteiger partial charge in [-0.2, -0.15) is 0 Å². The van der Waals surface area contributed by atoms with Crippen LogP contribution in [0.15, 0.2) is 11.7 Å². The second kappa shape index (κ2) is 5.06. The summed E-state index contributed by atoms with van der Waals surface area (Å²) in [6, 6.07) is 0.407. The van der Waals surface area contributed by atoms with E-state index in [4.69, 9.17) is 5.73 Å².